The molecular formula is C25H26N6O4. The smallest absolute Gasteiger partial charge is 0.273 e. The monoisotopic (exact) mass is 474 g/mol. The van der Waals surface area contributed by atoms with Crippen molar-refractivity contribution in [3.05, 3.63) is 65.4 Å². The largest absolute Gasteiger partial charge is 0.368 e. The fraction of sp³-hybridized carbons (Fsp3) is 0.280. The summed E-state index contributed by atoms with van der Waals surface area (Å²) in [6.45, 7) is 4.84. The number of nitrogens with zero attached hydrogens (tertiary/aromatic N) is 3. The Hall–Kier alpha value is -4.52. The lowest BCUT2D eigenvalue weighted by atomic mass is 9.86. The van der Waals surface area contributed by atoms with Crippen LogP contribution in [0.4, 0.5) is 0 Å². The number of fused-ring (bicyclic) bond motifs is 1. The average Bonchev–Trinajstić information content (AvgIpc) is 3.18. The molecule has 2 aromatic carbocycles. The van der Waals surface area contributed by atoms with Crippen molar-refractivity contribution in [2.24, 2.45) is 11.1 Å². The van der Waals surface area contributed by atoms with Crippen molar-refractivity contribution < 1.29 is 19.2 Å². The van der Waals surface area contributed by atoms with E-state index in [1.165, 1.54) is 4.68 Å². The molecule has 1 heterocycles. The summed E-state index contributed by atoms with van der Waals surface area (Å²) >= 11 is 0. The highest BCUT2D eigenvalue weighted by molar-refractivity contribution is 6.07. The van der Waals surface area contributed by atoms with Gasteiger partial charge >= 0.3 is 0 Å². The molecule has 0 saturated heterocycles. The summed E-state index contributed by atoms with van der Waals surface area (Å²) in [5, 5.41) is 19.0. The molecule has 35 heavy (non-hydrogen) atoms. The Kier molecular flexibility index (Phi) is 7.30. The molecule has 0 bridgehead atoms. The molecule has 10 nitrogen and oxygen atoms in total. The number of ketones is 1. The van der Waals surface area contributed by atoms with Gasteiger partial charge in [0.2, 0.25) is 11.8 Å². The first-order valence-corrected chi connectivity index (χ1v) is 10.9. The van der Waals surface area contributed by atoms with Gasteiger partial charge in [0.1, 0.15) is 12.6 Å². The van der Waals surface area contributed by atoms with E-state index in [1.807, 2.05) is 6.07 Å². The third-order valence-electron chi connectivity index (χ3n) is 5.34. The minimum Gasteiger partial charge on any atom is -0.368 e. The van der Waals surface area contributed by atoms with Crippen LogP contribution in [0.15, 0.2) is 48.5 Å². The minimum absolute atomic E-state index is 0.0604. The number of amides is 3. The van der Waals surface area contributed by atoms with E-state index < -0.39 is 29.2 Å². The number of nitrogens with two attached hydrogens (primary N) is 1. The van der Waals surface area contributed by atoms with Crippen molar-refractivity contribution in [1.82, 2.24) is 20.4 Å². The Morgan fingerprint density at radius 1 is 1.09 bits per heavy atom. The summed E-state index contributed by atoms with van der Waals surface area (Å²) in [6, 6.07) is 14.2. The second-order valence-corrected chi connectivity index (χ2v) is 9.09. The lowest BCUT2D eigenvalue weighted by molar-refractivity contribution is -0.128. The normalized spacial score (nSPS) is 11.9. The van der Waals surface area contributed by atoms with Gasteiger partial charge in [0.05, 0.1) is 23.7 Å². The molecule has 180 valence electrons. The van der Waals surface area contributed by atoms with E-state index in [0.717, 1.165) is 0 Å². The van der Waals surface area contributed by atoms with E-state index in [-0.39, 0.29) is 24.6 Å². The van der Waals surface area contributed by atoms with Crippen LogP contribution in [0, 0.1) is 16.7 Å². The fourth-order valence-electron chi connectivity index (χ4n) is 3.52. The highest BCUT2D eigenvalue weighted by Crippen LogP contribution is 2.23. The van der Waals surface area contributed by atoms with Crippen molar-refractivity contribution in [2.75, 3.05) is 6.54 Å². The summed E-state index contributed by atoms with van der Waals surface area (Å²) in [5.41, 5.74) is 5.92. The second-order valence-electron chi connectivity index (χ2n) is 9.09. The molecule has 0 saturated carbocycles. The standard InChI is InChI=1S/C25H26N6O4/c1-25(2,3)22(24(35)28-13-20(27)33)29-23(34)21-17-6-4-5-7-18(17)31(30-21)14-19(32)16-10-8-15(12-26)9-11-16/h4-11,22H,13-14H2,1-3H3,(H2,27,33)(H,28,35)(H,29,34). The highest BCUT2D eigenvalue weighted by atomic mass is 16.2. The molecule has 3 rings (SSSR count). The number of rotatable bonds is 8. The van der Waals surface area contributed by atoms with Crippen LogP contribution in [0.5, 0.6) is 0 Å². The lowest BCUT2D eigenvalue weighted by Gasteiger charge is -2.30. The van der Waals surface area contributed by atoms with Crippen LogP contribution in [0.1, 0.15) is 47.2 Å². The number of Topliss-reactive ketones (excluding diaryl/α,β-unsaturated/α-hetero) is 1. The minimum atomic E-state index is -0.974. The molecule has 0 aliphatic carbocycles. The van der Waals surface area contributed by atoms with Gasteiger partial charge in [0.15, 0.2) is 11.5 Å². The number of aromatic nitrogens is 2. The zero-order chi connectivity index (χ0) is 25.8. The van der Waals surface area contributed by atoms with E-state index in [2.05, 4.69) is 15.7 Å². The van der Waals surface area contributed by atoms with Crippen LogP contribution >= 0.6 is 0 Å². The maximum absolute atomic E-state index is 13.2. The molecule has 0 fully saturated rings. The van der Waals surface area contributed by atoms with Gasteiger partial charge in [-0.25, -0.2) is 0 Å². The maximum Gasteiger partial charge on any atom is 0.273 e. The summed E-state index contributed by atoms with van der Waals surface area (Å²) in [4.78, 5) is 49.8. The summed E-state index contributed by atoms with van der Waals surface area (Å²) < 4.78 is 1.43. The summed E-state index contributed by atoms with van der Waals surface area (Å²) in [7, 11) is 0. The number of nitriles is 1. The van der Waals surface area contributed by atoms with Gasteiger partial charge in [-0.2, -0.15) is 10.4 Å². The van der Waals surface area contributed by atoms with E-state index >= 15 is 0 Å². The van der Waals surface area contributed by atoms with E-state index in [1.54, 1.807) is 69.3 Å². The zero-order valence-corrected chi connectivity index (χ0v) is 19.7. The molecule has 0 radical (unpaired) electrons. The predicted molar refractivity (Wildman–Crippen MR) is 128 cm³/mol. The molecule has 3 amide bonds. The first kappa shape index (κ1) is 25.1. The first-order valence-electron chi connectivity index (χ1n) is 10.9. The number of primary amides is 1. The maximum atomic E-state index is 13.2. The van der Waals surface area contributed by atoms with Gasteiger partial charge in [-0.1, -0.05) is 51.1 Å². The Morgan fingerprint density at radius 3 is 2.34 bits per heavy atom. The van der Waals surface area contributed by atoms with Crippen molar-refractivity contribution in [1.29, 1.82) is 5.26 Å². The number of carbonyl (C=O) groups excluding carboxylic acids is 4. The number of nitrogens with one attached hydrogen (secondary N) is 2. The lowest BCUT2D eigenvalue weighted by Crippen LogP contribution is -2.54. The van der Waals surface area contributed by atoms with Crippen molar-refractivity contribution in [3.63, 3.8) is 0 Å². The third kappa shape index (κ3) is 5.89. The molecule has 1 aromatic heterocycles. The zero-order valence-electron chi connectivity index (χ0n) is 19.7. The number of para-hydroxylation sites is 1. The molecule has 4 N–H and O–H groups in total. The van der Waals surface area contributed by atoms with Crippen LogP contribution in [0.3, 0.4) is 0 Å². The number of hydrogen-bond acceptors (Lipinski definition) is 6. The molecule has 1 unspecified atom stereocenters. The van der Waals surface area contributed by atoms with Crippen molar-refractivity contribution in [3.8, 4) is 6.07 Å². The molecule has 0 aliphatic rings. The quantitative estimate of drug-likeness (QED) is 0.420. The Bertz CT molecular complexity index is 1330. The van der Waals surface area contributed by atoms with Crippen LogP contribution in [-0.2, 0) is 16.1 Å². The van der Waals surface area contributed by atoms with Gasteiger partial charge < -0.3 is 16.4 Å². The average molecular weight is 475 g/mol. The molecule has 0 spiro atoms. The van der Waals surface area contributed by atoms with Gasteiger partial charge in [-0.05, 0) is 23.6 Å². The number of carbonyl (C=O) groups is 4. The molecule has 1 atom stereocenters. The van der Waals surface area contributed by atoms with Crippen molar-refractivity contribution in [2.45, 2.75) is 33.4 Å². The van der Waals surface area contributed by atoms with Gasteiger partial charge in [0.25, 0.3) is 5.91 Å². The van der Waals surface area contributed by atoms with Crippen LogP contribution in [0.2, 0.25) is 0 Å². The number of benzene rings is 2. The van der Waals surface area contributed by atoms with E-state index in [4.69, 9.17) is 11.0 Å². The van der Waals surface area contributed by atoms with Gasteiger partial charge in [-0.3, -0.25) is 23.9 Å². The van der Waals surface area contributed by atoms with Crippen LogP contribution in [-0.4, -0.2) is 45.9 Å². The van der Waals surface area contributed by atoms with E-state index in [0.29, 0.717) is 22.0 Å². The van der Waals surface area contributed by atoms with Gasteiger partial charge in [0, 0.05) is 10.9 Å². The highest BCUT2D eigenvalue weighted by Gasteiger charge is 2.34. The molecule has 10 heteroatoms. The van der Waals surface area contributed by atoms with Gasteiger partial charge in [-0.15, -0.1) is 0 Å². The second kappa shape index (κ2) is 10.2. The Balaban J connectivity index is 1.89. The fourth-order valence-corrected chi connectivity index (χ4v) is 3.52. The van der Waals surface area contributed by atoms with Crippen LogP contribution < -0.4 is 16.4 Å². The number of hydrogen-bond donors (Lipinski definition) is 3. The summed E-state index contributed by atoms with van der Waals surface area (Å²) in [5.74, 6) is -2.09. The van der Waals surface area contributed by atoms with Crippen molar-refractivity contribution >= 4 is 34.4 Å². The first-order chi connectivity index (χ1) is 16.5. The molecule has 3 aromatic rings. The SMILES string of the molecule is CC(C)(C)C(NC(=O)c1nn(CC(=O)c2ccc(C#N)cc2)c2ccccc12)C(=O)NCC(N)=O. The predicted octanol–water partition coefficient (Wildman–Crippen LogP) is 1.54. The third-order valence-corrected chi connectivity index (χ3v) is 5.34. The Labute approximate surface area is 202 Å². The summed E-state index contributed by atoms with van der Waals surface area (Å²) in [6.07, 6.45) is 0. The van der Waals surface area contributed by atoms with E-state index in [9.17, 15) is 19.2 Å². The van der Waals surface area contributed by atoms with Crippen LogP contribution in [0.25, 0.3) is 10.9 Å². The molecular weight excluding hydrogens is 448 g/mol. The molecule has 0 aliphatic heterocycles. The topological polar surface area (TPSA) is 160 Å². The Morgan fingerprint density at radius 2 is 1.74 bits per heavy atom.